The van der Waals surface area contributed by atoms with Crippen molar-refractivity contribution in [2.24, 2.45) is 5.73 Å². The molecule has 0 saturated heterocycles. The highest BCUT2D eigenvalue weighted by Crippen LogP contribution is 2.25. The quantitative estimate of drug-likeness (QED) is 0.888. The van der Waals surface area contributed by atoms with Crippen molar-refractivity contribution in [3.05, 3.63) is 36.3 Å². The summed E-state index contributed by atoms with van der Waals surface area (Å²) in [4.78, 5) is 7.89. The fourth-order valence-corrected chi connectivity index (χ4v) is 2.91. The monoisotopic (exact) mass is 307 g/mol. The zero-order chi connectivity index (χ0) is 15.7. The van der Waals surface area contributed by atoms with Gasteiger partial charge in [-0.1, -0.05) is 25.5 Å². The highest BCUT2D eigenvalue weighted by atomic mass is 32.2. The van der Waals surface area contributed by atoms with Gasteiger partial charge < -0.3 is 10.7 Å². The summed E-state index contributed by atoms with van der Waals surface area (Å²) in [6, 6.07) is 6.72. The second-order valence-corrected chi connectivity index (χ2v) is 7.63. The number of nitrogens with one attached hydrogen (secondary N) is 1. The third-order valence-corrected chi connectivity index (χ3v) is 4.61. The summed E-state index contributed by atoms with van der Waals surface area (Å²) in [5.41, 5.74) is 7.48. The number of hydrogen-bond acceptors (Lipinski definition) is 4. The van der Waals surface area contributed by atoms with Crippen molar-refractivity contribution in [1.29, 1.82) is 0 Å². The van der Waals surface area contributed by atoms with Gasteiger partial charge in [0.05, 0.1) is 22.3 Å². The average molecular weight is 307 g/mol. The van der Waals surface area contributed by atoms with Crippen molar-refractivity contribution in [2.45, 2.75) is 37.1 Å². The molecular weight excluding hydrogens is 286 g/mol. The normalized spacial score (nSPS) is 14.9. The molecule has 1 atom stereocenters. The van der Waals surface area contributed by atoms with Crippen LogP contribution in [0.25, 0.3) is 11.3 Å². The van der Waals surface area contributed by atoms with E-state index in [1.165, 1.54) is 6.26 Å². The van der Waals surface area contributed by atoms with E-state index in [0.717, 1.165) is 29.9 Å². The molecule has 0 radical (unpaired) electrons. The Morgan fingerprint density at radius 3 is 2.43 bits per heavy atom. The molecule has 0 spiro atoms. The van der Waals surface area contributed by atoms with E-state index in [1.807, 2.05) is 6.92 Å². The van der Waals surface area contributed by atoms with Gasteiger partial charge in [-0.2, -0.15) is 0 Å². The highest BCUT2D eigenvalue weighted by Gasteiger charge is 2.23. The molecule has 1 aromatic heterocycles. The van der Waals surface area contributed by atoms with Gasteiger partial charge in [-0.3, -0.25) is 0 Å². The van der Waals surface area contributed by atoms with E-state index >= 15 is 0 Å². The maximum absolute atomic E-state index is 11.5. The van der Waals surface area contributed by atoms with E-state index in [4.69, 9.17) is 5.73 Å². The molecule has 5 nitrogen and oxygen atoms in total. The molecule has 114 valence electrons. The Morgan fingerprint density at radius 2 is 1.90 bits per heavy atom. The lowest BCUT2D eigenvalue weighted by Gasteiger charge is -2.21. The summed E-state index contributed by atoms with van der Waals surface area (Å²) in [5, 5.41) is 0. The molecule has 0 bridgehead atoms. The second-order valence-electron chi connectivity index (χ2n) is 5.61. The SMILES string of the molecule is CCCC(C)(N)c1ncc(-c2ccc(S(C)(=O)=O)cc2)[nH]1. The van der Waals surface area contributed by atoms with Crippen LogP contribution in [0, 0.1) is 0 Å². The maximum Gasteiger partial charge on any atom is 0.175 e. The third-order valence-electron chi connectivity index (χ3n) is 3.48. The van der Waals surface area contributed by atoms with Crippen LogP contribution in [-0.2, 0) is 15.4 Å². The summed E-state index contributed by atoms with van der Waals surface area (Å²) in [7, 11) is -3.17. The summed E-state index contributed by atoms with van der Waals surface area (Å²) < 4.78 is 22.9. The maximum atomic E-state index is 11.5. The van der Waals surface area contributed by atoms with Crippen LogP contribution in [0.1, 0.15) is 32.5 Å². The first-order valence-corrected chi connectivity index (χ1v) is 8.78. The minimum absolute atomic E-state index is 0.306. The number of aromatic nitrogens is 2. The smallest absolute Gasteiger partial charge is 0.175 e. The molecule has 1 unspecified atom stereocenters. The molecule has 0 aliphatic carbocycles. The average Bonchev–Trinajstić information content (AvgIpc) is 2.88. The molecular formula is C15H21N3O2S. The first-order chi connectivity index (χ1) is 9.74. The van der Waals surface area contributed by atoms with E-state index in [-0.39, 0.29) is 0 Å². The first kappa shape index (κ1) is 15.7. The number of aromatic amines is 1. The van der Waals surface area contributed by atoms with E-state index in [9.17, 15) is 8.42 Å². The van der Waals surface area contributed by atoms with Gasteiger partial charge in [-0.25, -0.2) is 13.4 Å². The Hall–Kier alpha value is -1.66. The molecule has 2 aromatic rings. The van der Waals surface area contributed by atoms with Crippen molar-refractivity contribution in [3.8, 4) is 11.3 Å². The fraction of sp³-hybridized carbons (Fsp3) is 0.400. The Morgan fingerprint density at radius 1 is 1.29 bits per heavy atom. The number of benzene rings is 1. The summed E-state index contributed by atoms with van der Waals surface area (Å²) >= 11 is 0. The van der Waals surface area contributed by atoms with Crippen LogP contribution in [0.15, 0.2) is 35.4 Å². The second kappa shape index (κ2) is 5.61. The van der Waals surface area contributed by atoms with Gasteiger partial charge >= 0.3 is 0 Å². The van der Waals surface area contributed by atoms with Crippen molar-refractivity contribution < 1.29 is 8.42 Å². The molecule has 0 amide bonds. The van der Waals surface area contributed by atoms with Gasteiger partial charge in [0.2, 0.25) is 0 Å². The van der Waals surface area contributed by atoms with Gasteiger partial charge in [-0.05, 0) is 31.0 Å². The van der Waals surface area contributed by atoms with Gasteiger partial charge in [0, 0.05) is 6.26 Å². The lowest BCUT2D eigenvalue weighted by atomic mass is 9.97. The number of rotatable bonds is 5. The van der Waals surface area contributed by atoms with E-state index in [0.29, 0.717) is 4.90 Å². The minimum atomic E-state index is -3.17. The Kier molecular flexibility index (Phi) is 4.20. The summed E-state index contributed by atoms with van der Waals surface area (Å²) in [5.74, 6) is 0.742. The molecule has 1 aromatic carbocycles. The lowest BCUT2D eigenvalue weighted by molar-refractivity contribution is 0.423. The van der Waals surface area contributed by atoms with Crippen LogP contribution in [0.4, 0.5) is 0 Å². The predicted octanol–water partition coefficient (Wildman–Crippen LogP) is 2.45. The predicted molar refractivity (Wildman–Crippen MR) is 83.6 cm³/mol. The molecule has 1 heterocycles. The van der Waals surface area contributed by atoms with Crippen molar-refractivity contribution in [3.63, 3.8) is 0 Å². The number of H-pyrrole nitrogens is 1. The van der Waals surface area contributed by atoms with E-state index in [1.54, 1.807) is 30.5 Å². The number of nitrogens with two attached hydrogens (primary N) is 1. The molecule has 6 heteroatoms. The molecule has 0 fully saturated rings. The standard InChI is InChI=1S/C15H21N3O2S/c1-4-9-15(2,16)14-17-10-13(18-14)11-5-7-12(8-6-11)21(3,19)20/h5-8,10H,4,9,16H2,1-3H3,(H,17,18). The van der Waals surface area contributed by atoms with Crippen LogP contribution in [-0.4, -0.2) is 24.6 Å². The van der Waals surface area contributed by atoms with E-state index in [2.05, 4.69) is 16.9 Å². The van der Waals surface area contributed by atoms with Crippen LogP contribution >= 0.6 is 0 Å². The van der Waals surface area contributed by atoms with Crippen LogP contribution < -0.4 is 5.73 Å². The zero-order valence-electron chi connectivity index (χ0n) is 12.6. The summed E-state index contributed by atoms with van der Waals surface area (Å²) in [6.07, 6.45) is 4.74. The molecule has 0 aliphatic rings. The molecule has 0 aliphatic heterocycles. The third kappa shape index (κ3) is 3.51. The molecule has 0 saturated carbocycles. The van der Waals surface area contributed by atoms with Gasteiger partial charge in [-0.15, -0.1) is 0 Å². The summed E-state index contributed by atoms with van der Waals surface area (Å²) in [6.45, 7) is 4.03. The van der Waals surface area contributed by atoms with Crippen molar-refractivity contribution in [1.82, 2.24) is 9.97 Å². The van der Waals surface area contributed by atoms with Crippen molar-refractivity contribution >= 4 is 9.84 Å². The molecule has 3 N–H and O–H groups in total. The highest BCUT2D eigenvalue weighted by molar-refractivity contribution is 7.90. The molecule has 21 heavy (non-hydrogen) atoms. The van der Waals surface area contributed by atoms with Crippen LogP contribution in [0.3, 0.4) is 0 Å². The number of hydrogen-bond donors (Lipinski definition) is 2. The Bertz CT molecular complexity index is 716. The number of sulfone groups is 1. The van der Waals surface area contributed by atoms with Gasteiger partial charge in [0.1, 0.15) is 5.82 Å². The number of imidazole rings is 1. The van der Waals surface area contributed by atoms with Gasteiger partial charge in [0.15, 0.2) is 9.84 Å². The first-order valence-electron chi connectivity index (χ1n) is 6.89. The van der Waals surface area contributed by atoms with E-state index < -0.39 is 15.4 Å². The fourth-order valence-electron chi connectivity index (χ4n) is 2.28. The Balaban J connectivity index is 2.30. The van der Waals surface area contributed by atoms with Crippen molar-refractivity contribution in [2.75, 3.05) is 6.26 Å². The van der Waals surface area contributed by atoms with Crippen LogP contribution in [0.5, 0.6) is 0 Å². The number of nitrogens with zero attached hydrogens (tertiary/aromatic N) is 1. The minimum Gasteiger partial charge on any atom is -0.340 e. The zero-order valence-corrected chi connectivity index (χ0v) is 13.4. The Labute approximate surface area is 125 Å². The largest absolute Gasteiger partial charge is 0.340 e. The van der Waals surface area contributed by atoms with Crippen LogP contribution in [0.2, 0.25) is 0 Å². The van der Waals surface area contributed by atoms with Gasteiger partial charge in [0.25, 0.3) is 0 Å². The molecule has 2 rings (SSSR count). The lowest BCUT2D eigenvalue weighted by Crippen LogP contribution is -2.34. The topological polar surface area (TPSA) is 88.8 Å².